The molecule has 4 N–H and O–H groups in total. The minimum Gasteiger partial charge on any atom is -0.317 e. The first-order chi connectivity index (χ1) is 17.6. The van der Waals surface area contributed by atoms with Gasteiger partial charge in [0.1, 0.15) is 10.0 Å². The van der Waals surface area contributed by atoms with Gasteiger partial charge in [-0.25, -0.2) is 4.98 Å². The molecule has 1 amide bonds. The molecule has 2 aliphatic heterocycles. The molecular weight excluding hydrogens is 486 g/mol. The SMILES string of the molecule is C=CC(=C)c1ccc2sc(-c3c(NC(=O)CCNC4CC5CNCC5C4)sc4c3CCNC4)nc2c1. The summed E-state index contributed by atoms with van der Waals surface area (Å²) >= 11 is 3.38. The van der Waals surface area contributed by atoms with Gasteiger partial charge in [0.25, 0.3) is 0 Å². The number of hydrogen-bond donors (Lipinski definition) is 4. The number of carbonyl (C=O) groups is 1. The molecule has 1 aromatic carbocycles. The first-order valence-electron chi connectivity index (χ1n) is 12.9. The standard InChI is InChI=1S/C28H33N5OS2/c1-3-16(2)17-4-5-23-22(12-17)32-27(35-23)26-21-6-8-29-15-24(21)36-28(26)33-25(34)7-9-31-20-10-18-13-30-14-19(18)11-20/h3-5,12,18-20,29-31H,1-2,6-11,13-15H2,(H,33,34). The van der Waals surface area contributed by atoms with Crippen LogP contribution in [0.15, 0.2) is 37.4 Å². The maximum absolute atomic E-state index is 13.0. The first kappa shape index (κ1) is 24.0. The smallest absolute Gasteiger partial charge is 0.226 e. The third-order valence-corrected chi connectivity index (χ3v) is 10.0. The van der Waals surface area contributed by atoms with Crippen LogP contribution >= 0.6 is 22.7 Å². The third-order valence-electron chi connectivity index (χ3n) is 7.84. The van der Waals surface area contributed by atoms with E-state index in [9.17, 15) is 4.79 Å². The minimum atomic E-state index is 0.0702. The number of fused-ring (bicyclic) bond motifs is 3. The van der Waals surface area contributed by atoms with Crippen LogP contribution < -0.4 is 21.3 Å². The van der Waals surface area contributed by atoms with E-state index >= 15 is 0 Å². The lowest BCUT2D eigenvalue weighted by molar-refractivity contribution is -0.116. The van der Waals surface area contributed by atoms with Gasteiger partial charge in [-0.2, -0.15) is 0 Å². The maximum Gasteiger partial charge on any atom is 0.226 e. The number of benzene rings is 1. The second-order valence-corrected chi connectivity index (χ2v) is 12.3. The monoisotopic (exact) mass is 519 g/mol. The highest BCUT2D eigenvalue weighted by molar-refractivity contribution is 7.23. The Morgan fingerprint density at radius 2 is 2.03 bits per heavy atom. The van der Waals surface area contributed by atoms with Crippen molar-refractivity contribution < 1.29 is 4.79 Å². The molecule has 6 nitrogen and oxygen atoms in total. The molecule has 0 bridgehead atoms. The van der Waals surface area contributed by atoms with Gasteiger partial charge in [0.05, 0.1) is 10.2 Å². The maximum atomic E-state index is 13.0. The average Bonchev–Trinajstić information content (AvgIpc) is 3.64. The number of anilines is 1. The summed E-state index contributed by atoms with van der Waals surface area (Å²) in [6.07, 6.45) is 5.67. The lowest BCUT2D eigenvalue weighted by Gasteiger charge is -2.14. The Labute approximate surface area is 220 Å². The Kier molecular flexibility index (Phi) is 6.79. The zero-order valence-electron chi connectivity index (χ0n) is 20.5. The fourth-order valence-corrected chi connectivity index (χ4v) is 8.24. The van der Waals surface area contributed by atoms with Gasteiger partial charge in [0.15, 0.2) is 0 Å². The quantitative estimate of drug-likeness (QED) is 0.322. The minimum absolute atomic E-state index is 0.0702. The number of hydrogen-bond acceptors (Lipinski definition) is 7. The van der Waals surface area contributed by atoms with Gasteiger partial charge >= 0.3 is 0 Å². The highest BCUT2D eigenvalue weighted by Crippen LogP contribution is 2.45. The lowest BCUT2D eigenvalue weighted by atomic mass is 10.0. The molecule has 1 aliphatic carbocycles. The second-order valence-electron chi connectivity index (χ2n) is 10.2. The Morgan fingerprint density at radius 3 is 2.83 bits per heavy atom. The molecule has 1 saturated carbocycles. The molecule has 1 saturated heterocycles. The van der Waals surface area contributed by atoms with Crippen molar-refractivity contribution in [3.8, 4) is 10.6 Å². The van der Waals surface area contributed by atoms with Crippen LogP contribution in [0.1, 0.15) is 35.3 Å². The normalized spacial score (nSPS) is 22.9. The van der Waals surface area contributed by atoms with Gasteiger partial charge in [-0.1, -0.05) is 25.3 Å². The highest BCUT2D eigenvalue weighted by atomic mass is 32.1. The summed E-state index contributed by atoms with van der Waals surface area (Å²) in [5.41, 5.74) is 5.33. The van der Waals surface area contributed by atoms with E-state index in [4.69, 9.17) is 4.98 Å². The predicted molar refractivity (Wildman–Crippen MR) is 152 cm³/mol. The number of aromatic nitrogens is 1. The molecule has 0 radical (unpaired) electrons. The van der Waals surface area contributed by atoms with E-state index in [1.54, 1.807) is 28.7 Å². The van der Waals surface area contributed by atoms with Crippen LogP contribution in [-0.4, -0.2) is 43.1 Å². The van der Waals surface area contributed by atoms with Crippen molar-refractivity contribution in [2.75, 3.05) is 31.5 Å². The number of nitrogens with zero attached hydrogens (tertiary/aromatic N) is 1. The molecule has 188 valence electrons. The molecule has 6 rings (SSSR count). The Morgan fingerprint density at radius 1 is 1.19 bits per heavy atom. The number of rotatable bonds is 8. The van der Waals surface area contributed by atoms with E-state index in [1.165, 1.54) is 23.3 Å². The van der Waals surface area contributed by atoms with E-state index in [-0.39, 0.29) is 5.91 Å². The van der Waals surface area contributed by atoms with E-state index < -0.39 is 0 Å². The number of nitrogens with one attached hydrogen (secondary N) is 4. The molecule has 3 aliphatic rings. The van der Waals surface area contributed by atoms with Gasteiger partial charge < -0.3 is 21.3 Å². The Hall–Kier alpha value is -2.36. The van der Waals surface area contributed by atoms with Crippen LogP contribution in [0.2, 0.25) is 0 Å². The molecule has 0 spiro atoms. The van der Waals surface area contributed by atoms with Gasteiger partial charge in [-0.3, -0.25) is 4.79 Å². The molecular formula is C28H33N5OS2. The fraction of sp³-hybridized carbons (Fsp3) is 0.429. The highest BCUT2D eigenvalue weighted by Gasteiger charge is 2.36. The summed E-state index contributed by atoms with van der Waals surface area (Å²) in [7, 11) is 0. The molecule has 8 heteroatoms. The largest absolute Gasteiger partial charge is 0.317 e. The van der Waals surface area contributed by atoms with Crippen molar-refractivity contribution in [1.29, 1.82) is 0 Å². The summed E-state index contributed by atoms with van der Waals surface area (Å²) in [6, 6.07) is 6.82. The second kappa shape index (κ2) is 10.2. The van der Waals surface area contributed by atoms with E-state index in [0.717, 1.165) is 87.9 Å². The van der Waals surface area contributed by atoms with E-state index in [1.807, 2.05) is 0 Å². The van der Waals surface area contributed by atoms with Crippen LogP contribution in [-0.2, 0) is 17.8 Å². The van der Waals surface area contributed by atoms with Crippen LogP contribution in [0.25, 0.3) is 26.4 Å². The number of amides is 1. The summed E-state index contributed by atoms with van der Waals surface area (Å²) in [4.78, 5) is 19.3. The third kappa shape index (κ3) is 4.68. The molecule has 2 atom stereocenters. The van der Waals surface area contributed by atoms with Crippen LogP contribution in [0, 0.1) is 11.8 Å². The number of allylic oxidation sites excluding steroid dienone is 2. The van der Waals surface area contributed by atoms with Crippen molar-refractivity contribution >= 4 is 49.4 Å². The van der Waals surface area contributed by atoms with Gasteiger partial charge in [-0.15, -0.1) is 22.7 Å². The zero-order chi connectivity index (χ0) is 24.6. The summed E-state index contributed by atoms with van der Waals surface area (Å²) in [5, 5.41) is 15.8. The van der Waals surface area contributed by atoms with Crippen molar-refractivity contribution in [1.82, 2.24) is 20.9 Å². The number of thiazole rings is 1. The predicted octanol–water partition coefficient (Wildman–Crippen LogP) is 4.79. The zero-order valence-corrected chi connectivity index (χ0v) is 22.1. The molecule has 2 fully saturated rings. The van der Waals surface area contributed by atoms with Crippen molar-refractivity contribution in [2.24, 2.45) is 11.8 Å². The molecule has 2 unspecified atom stereocenters. The van der Waals surface area contributed by atoms with Gasteiger partial charge in [0.2, 0.25) is 5.91 Å². The molecule has 4 heterocycles. The summed E-state index contributed by atoms with van der Waals surface area (Å²) < 4.78 is 1.14. The topological polar surface area (TPSA) is 78.1 Å². The van der Waals surface area contributed by atoms with Crippen LogP contribution in [0.3, 0.4) is 0 Å². The average molecular weight is 520 g/mol. The van der Waals surface area contributed by atoms with E-state index in [0.29, 0.717) is 12.5 Å². The van der Waals surface area contributed by atoms with Crippen molar-refractivity contribution in [3.63, 3.8) is 0 Å². The van der Waals surface area contributed by atoms with Crippen LogP contribution in [0.5, 0.6) is 0 Å². The molecule has 36 heavy (non-hydrogen) atoms. The number of carbonyl (C=O) groups excluding carboxylic acids is 1. The molecule has 3 aromatic rings. The van der Waals surface area contributed by atoms with Crippen LogP contribution in [0.4, 0.5) is 5.00 Å². The number of thiophene rings is 1. The summed E-state index contributed by atoms with van der Waals surface area (Å²) in [6.45, 7) is 12.7. The van der Waals surface area contributed by atoms with Crippen molar-refractivity contribution in [3.05, 3.63) is 53.4 Å². The Balaban J connectivity index is 1.19. The molecule has 2 aromatic heterocycles. The van der Waals surface area contributed by atoms with E-state index in [2.05, 4.69) is 52.6 Å². The van der Waals surface area contributed by atoms with Gasteiger partial charge in [-0.05, 0) is 79.6 Å². The lowest BCUT2D eigenvalue weighted by Crippen LogP contribution is -2.31. The Bertz CT molecular complexity index is 1310. The summed E-state index contributed by atoms with van der Waals surface area (Å²) in [5.74, 6) is 1.69. The first-order valence-corrected chi connectivity index (χ1v) is 14.5. The van der Waals surface area contributed by atoms with Crippen molar-refractivity contribution in [2.45, 2.75) is 38.3 Å². The fourth-order valence-electron chi connectivity index (χ4n) is 5.91. The van der Waals surface area contributed by atoms with Gasteiger partial charge in [0, 0.05) is 36.0 Å².